The molecule has 2 unspecified atom stereocenters. The SMILES string of the molecule is Cc1nc(CNC(=O)C2CC3CCCC(C2)C3N)no1.Cl. The lowest BCUT2D eigenvalue weighted by Crippen LogP contribution is -2.49. The Bertz CT molecular complexity index is 479. The molecule has 1 heterocycles. The van der Waals surface area contributed by atoms with Crippen LogP contribution in [0.2, 0.25) is 0 Å². The monoisotopic (exact) mass is 314 g/mol. The van der Waals surface area contributed by atoms with E-state index in [4.69, 9.17) is 10.3 Å². The molecule has 2 fully saturated rings. The third kappa shape index (κ3) is 3.55. The van der Waals surface area contributed by atoms with Gasteiger partial charge in [0.1, 0.15) is 0 Å². The Morgan fingerprint density at radius 3 is 2.62 bits per heavy atom. The highest BCUT2D eigenvalue weighted by molar-refractivity contribution is 5.85. The number of hydrogen-bond donors (Lipinski definition) is 2. The number of carbonyl (C=O) groups is 1. The molecule has 7 heteroatoms. The molecule has 2 atom stereocenters. The molecule has 0 aliphatic heterocycles. The summed E-state index contributed by atoms with van der Waals surface area (Å²) < 4.78 is 4.89. The van der Waals surface area contributed by atoms with E-state index >= 15 is 0 Å². The molecular formula is C14H23ClN4O2. The van der Waals surface area contributed by atoms with Crippen LogP contribution in [-0.4, -0.2) is 22.1 Å². The first-order valence-electron chi connectivity index (χ1n) is 7.46. The van der Waals surface area contributed by atoms with Gasteiger partial charge in [0.15, 0.2) is 5.82 Å². The fourth-order valence-electron chi connectivity index (χ4n) is 3.73. The third-order valence-electron chi connectivity index (χ3n) is 4.77. The van der Waals surface area contributed by atoms with Crippen LogP contribution in [0.1, 0.15) is 43.8 Å². The number of carbonyl (C=O) groups excluding carboxylic acids is 1. The maximum atomic E-state index is 12.3. The predicted molar refractivity (Wildman–Crippen MR) is 79.7 cm³/mol. The van der Waals surface area contributed by atoms with Crippen molar-refractivity contribution in [2.75, 3.05) is 0 Å². The highest BCUT2D eigenvalue weighted by atomic mass is 35.5. The van der Waals surface area contributed by atoms with Crippen LogP contribution in [0.15, 0.2) is 4.52 Å². The zero-order valence-electron chi connectivity index (χ0n) is 12.2. The third-order valence-corrected chi connectivity index (χ3v) is 4.77. The Hall–Kier alpha value is -1.14. The van der Waals surface area contributed by atoms with Crippen molar-refractivity contribution in [1.82, 2.24) is 15.5 Å². The van der Waals surface area contributed by atoms with Gasteiger partial charge in [0.2, 0.25) is 11.8 Å². The molecule has 21 heavy (non-hydrogen) atoms. The number of aryl methyl sites for hydroxylation is 1. The molecule has 0 radical (unpaired) electrons. The van der Waals surface area contributed by atoms with Crippen molar-refractivity contribution in [2.45, 2.75) is 51.6 Å². The van der Waals surface area contributed by atoms with E-state index in [1.165, 1.54) is 19.3 Å². The highest BCUT2D eigenvalue weighted by Crippen LogP contribution is 2.41. The zero-order chi connectivity index (χ0) is 14.1. The maximum Gasteiger partial charge on any atom is 0.223 e. The number of aromatic nitrogens is 2. The molecule has 118 valence electrons. The van der Waals surface area contributed by atoms with E-state index < -0.39 is 0 Å². The number of nitrogens with zero attached hydrogens (tertiary/aromatic N) is 2. The zero-order valence-corrected chi connectivity index (χ0v) is 13.1. The lowest BCUT2D eigenvalue weighted by molar-refractivity contribution is -0.128. The Morgan fingerprint density at radius 1 is 1.38 bits per heavy atom. The molecule has 3 N–H and O–H groups in total. The molecule has 6 nitrogen and oxygen atoms in total. The number of fused-ring (bicyclic) bond motifs is 2. The van der Waals surface area contributed by atoms with Gasteiger partial charge in [0, 0.05) is 18.9 Å². The Labute approximate surface area is 130 Å². The maximum absolute atomic E-state index is 12.3. The van der Waals surface area contributed by atoms with Crippen LogP contribution < -0.4 is 11.1 Å². The Balaban J connectivity index is 0.00000161. The van der Waals surface area contributed by atoms with Gasteiger partial charge in [-0.15, -0.1) is 12.4 Å². The fourth-order valence-corrected chi connectivity index (χ4v) is 3.73. The van der Waals surface area contributed by atoms with Crippen LogP contribution in [-0.2, 0) is 11.3 Å². The largest absolute Gasteiger partial charge is 0.348 e. The number of halogens is 1. The Kier molecular flexibility index (Phi) is 5.22. The van der Waals surface area contributed by atoms with Crippen LogP contribution in [0.5, 0.6) is 0 Å². The summed E-state index contributed by atoms with van der Waals surface area (Å²) >= 11 is 0. The second-order valence-corrected chi connectivity index (χ2v) is 6.14. The fraction of sp³-hybridized carbons (Fsp3) is 0.786. The van der Waals surface area contributed by atoms with Crippen LogP contribution >= 0.6 is 12.4 Å². The minimum absolute atomic E-state index is 0. The lowest BCUT2D eigenvalue weighted by Gasteiger charge is -2.43. The minimum Gasteiger partial charge on any atom is -0.348 e. The summed E-state index contributed by atoms with van der Waals surface area (Å²) in [5, 5.41) is 6.70. The van der Waals surface area contributed by atoms with Crippen molar-refractivity contribution in [1.29, 1.82) is 0 Å². The van der Waals surface area contributed by atoms with Crippen molar-refractivity contribution >= 4 is 18.3 Å². The molecule has 2 saturated carbocycles. The molecule has 0 spiro atoms. The standard InChI is InChI=1S/C14H22N4O2.ClH/c1-8-17-12(18-20-8)7-16-14(19)11-5-9-3-2-4-10(6-11)13(9)15;/h9-11,13H,2-7,15H2,1H3,(H,16,19);1H. The first-order valence-corrected chi connectivity index (χ1v) is 7.46. The van der Waals surface area contributed by atoms with Crippen LogP contribution in [0.4, 0.5) is 0 Å². The van der Waals surface area contributed by atoms with Gasteiger partial charge in [0.05, 0.1) is 6.54 Å². The second-order valence-electron chi connectivity index (χ2n) is 6.14. The van der Waals surface area contributed by atoms with Crippen LogP contribution in [0.3, 0.4) is 0 Å². The second kappa shape index (κ2) is 6.75. The molecule has 1 aromatic heterocycles. The summed E-state index contributed by atoms with van der Waals surface area (Å²) in [4.78, 5) is 16.4. The van der Waals surface area contributed by atoms with Gasteiger partial charge >= 0.3 is 0 Å². The van der Waals surface area contributed by atoms with E-state index in [9.17, 15) is 4.79 Å². The van der Waals surface area contributed by atoms with E-state index in [1.54, 1.807) is 6.92 Å². The van der Waals surface area contributed by atoms with Crippen molar-refractivity contribution in [2.24, 2.45) is 23.5 Å². The number of amides is 1. The number of nitrogens with two attached hydrogens (primary N) is 1. The van der Waals surface area contributed by atoms with Crippen LogP contribution in [0.25, 0.3) is 0 Å². The molecule has 1 amide bonds. The predicted octanol–water partition coefficient (Wildman–Crippen LogP) is 1.57. The van der Waals surface area contributed by atoms with Gasteiger partial charge in [-0.25, -0.2) is 0 Å². The lowest BCUT2D eigenvalue weighted by atomic mass is 9.65. The van der Waals surface area contributed by atoms with E-state index in [1.807, 2.05) is 0 Å². The van der Waals surface area contributed by atoms with E-state index in [2.05, 4.69) is 15.5 Å². The summed E-state index contributed by atoms with van der Waals surface area (Å²) in [7, 11) is 0. The summed E-state index contributed by atoms with van der Waals surface area (Å²) in [5.41, 5.74) is 6.25. The van der Waals surface area contributed by atoms with Crippen LogP contribution in [0, 0.1) is 24.7 Å². The topological polar surface area (TPSA) is 94.0 Å². The number of rotatable bonds is 3. The molecule has 2 aliphatic rings. The molecule has 2 bridgehead atoms. The number of nitrogens with one attached hydrogen (secondary N) is 1. The summed E-state index contributed by atoms with van der Waals surface area (Å²) in [6, 6.07) is 0.299. The van der Waals surface area contributed by atoms with Gasteiger partial charge in [0.25, 0.3) is 0 Å². The molecule has 2 aliphatic carbocycles. The molecule has 1 aromatic rings. The molecule has 0 saturated heterocycles. The average molecular weight is 315 g/mol. The van der Waals surface area contributed by atoms with Gasteiger partial charge in [-0.2, -0.15) is 4.98 Å². The van der Waals surface area contributed by atoms with Crippen molar-refractivity contribution in [3.63, 3.8) is 0 Å². The molecule has 0 aromatic carbocycles. The van der Waals surface area contributed by atoms with Crippen molar-refractivity contribution < 1.29 is 9.32 Å². The van der Waals surface area contributed by atoms with Gasteiger partial charge < -0.3 is 15.6 Å². The van der Waals surface area contributed by atoms with E-state index in [0.717, 1.165) is 12.8 Å². The number of hydrogen-bond acceptors (Lipinski definition) is 5. The Morgan fingerprint density at radius 2 is 2.05 bits per heavy atom. The summed E-state index contributed by atoms with van der Waals surface area (Å²) in [5.74, 6) is 2.29. The normalized spacial score (nSPS) is 31.3. The molecular weight excluding hydrogens is 292 g/mol. The summed E-state index contributed by atoms with van der Waals surface area (Å²) in [6.07, 6.45) is 5.46. The van der Waals surface area contributed by atoms with Gasteiger partial charge in [-0.1, -0.05) is 11.6 Å². The van der Waals surface area contributed by atoms with Gasteiger partial charge in [-0.05, 0) is 37.5 Å². The average Bonchev–Trinajstić information content (AvgIpc) is 2.81. The molecule has 3 rings (SSSR count). The van der Waals surface area contributed by atoms with E-state index in [0.29, 0.717) is 36.1 Å². The van der Waals surface area contributed by atoms with Crippen molar-refractivity contribution in [3.05, 3.63) is 11.7 Å². The quantitative estimate of drug-likeness (QED) is 0.883. The minimum atomic E-state index is 0. The first kappa shape index (κ1) is 16.2. The van der Waals surface area contributed by atoms with E-state index in [-0.39, 0.29) is 24.2 Å². The smallest absolute Gasteiger partial charge is 0.223 e. The summed E-state index contributed by atoms with van der Waals surface area (Å²) in [6.45, 7) is 2.08. The highest BCUT2D eigenvalue weighted by Gasteiger charge is 2.40. The first-order chi connectivity index (χ1) is 9.63. The van der Waals surface area contributed by atoms with Crippen molar-refractivity contribution in [3.8, 4) is 0 Å². The van der Waals surface area contributed by atoms with Gasteiger partial charge in [-0.3, -0.25) is 4.79 Å².